The highest BCUT2D eigenvalue weighted by molar-refractivity contribution is 7.99. The average Bonchev–Trinajstić information content (AvgIpc) is 2.82. The van der Waals surface area contributed by atoms with E-state index in [1.165, 1.54) is 11.8 Å². The summed E-state index contributed by atoms with van der Waals surface area (Å²) >= 11 is 7.26. The molecule has 2 aromatic carbocycles. The number of fused-ring (bicyclic) bond motifs is 2. The second-order valence-corrected chi connectivity index (χ2v) is 7.41. The highest BCUT2D eigenvalue weighted by atomic mass is 35.5. The Kier molecular flexibility index (Phi) is 4.83. The molecule has 0 atom stereocenters. The minimum atomic E-state index is -0.228. The standard InChI is InChI=1S/C20H14ClN3O2S/c21-18-8-5-12(10-22-18)11-23-19(25)13-6-7-17-15(9-13)24-20(26)14-3-1-2-4-16(14)27-17/h1-10H,11H2,(H,23,25)(H,24,26). The number of rotatable bonds is 3. The van der Waals surface area contributed by atoms with Crippen LogP contribution in [0.4, 0.5) is 5.69 Å². The van der Waals surface area contributed by atoms with Gasteiger partial charge in [0.15, 0.2) is 0 Å². The van der Waals surface area contributed by atoms with Gasteiger partial charge in [-0.25, -0.2) is 4.98 Å². The van der Waals surface area contributed by atoms with Crippen LogP contribution < -0.4 is 10.6 Å². The van der Waals surface area contributed by atoms with Crippen LogP contribution in [-0.2, 0) is 6.54 Å². The second kappa shape index (κ2) is 7.42. The van der Waals surface area contributed by atoms with Crippen LogP contribution in [0.1, 0.15) is 26.3 Å². The number of nitrogens with zero attached hydrogens (tertiary/aromatic N) is 1. The second-order valence-electron chi connectivity index (χ2n) is 5.94. The number of amides is 2. The largest absolute Gasteiger partial charge is 0.348 e. The van der Waals surface area contributed by atoms with E-state index in [0.29, 0.717) is 28.5 Å². The van der Waals surface area contributed by atoms with Crippen molar-refractivity contribution in [3.8, 4) is 0 Å². The van der Waals surface area contributed by atoms with E-state index < -0.39 is 0 Å². The maximum atomic E-state index is 12.5. The van der Waals surface area contributed by atoms with Crippen molar-refractivity contribution in [3.63, 3.8) is 0 Å². The van der Waals surface area contributed by atoms with Gasteiger partial charge in [0, 0.05) is 28.1 Å². The normalized spacial score (nSPS) is 12.4. The fourth-order valence-electron chi connectivity index (χ4n) is 2.70. The smallest absolute Gasteiger partial charge is 0.256 e. The number of hydrogen-bond acceptors (Lipinski definition) is 4. The minimum Gasteiger partial charge on any atom is -0.348 e. The molecule has 134 valence electrons. The third-order valence-electron chi connectivity index (χ3n) is 4.08. The van der Waals surface area contributed by atoms with E-state index in [1.807, 2.05) is 24.3 Å². The van der Waals surface area contributed by atoms with Crippen molar-refractivity contribution in [1.29, 1.82) is 0 Å². The predicted molar refractivity (Wildman–Crippen MR) is 105 cm³/mol. The number of nitrogens with one attached hydrogen (secondary N) is 2. The molecule has 0 spiro atoms. The summed E-state index contributed by atoms with van der Waals surface area (Å²) in [6, 6.07) is 16.2. The molecule has 0 saturated carbocycles. The molecule has 0 unspecified atom stereocenters. The van der Waals surface area contributed by atoms with Crippen LogP contribution in [0.3, 0.4) is 0 Å². The Balaban J connectivity index is 1.53. The minimum absolute atomic E-state index is 0.179. The first-order chi connectivity index (χ1) is 13.1. The molecular weight excluding hydrogens is 382 g/mol. The van der Waals surface area contributed by atoms with E-state index in [1.54, 1.807) is 36.5 Å². The van der Waals surface area contributed by atoms with Gasteiger partial charge >= 0.3 is 0 Å². The van der Waals surface area contributed by atoms with Crippen molar-refractivity contribution in [2.75, 3.05) is 5.32 Å². The summed E-state index contributed by atoms with van der Waals surface area (Å²) in [6.45, 7) is 0.340. The quantitative estimate of drug-likeness (QED) is 0.645. The zero-order chi connectivity index (χ0) is 18.8. The topological polar surface area (TPSA) is 71.1 Å². The Morgan fingerprint density at radius 2 is 1.96 bits per heavy atom. The van der Waals surface area contributed by atoms with Gasteiger partial charge in [0.2, 0.25) is 0 Å². The first-order valence-electron chi connectivity index (χ1n) is 8.21. The molecule has 3 aromatic rings. The molecule has 0 aliphatic carbocycles. The molecule has 1 aliphatic heterocycles. The van der Waals surface area contributed by atoms with E-state index in [0.717, 1.165) is 15.4 Å². The van der Waals surface area contributed by atoms with Crippen LogP contribution in [0.25, 0.3) is 0 Å². The molecule has 0 radical (unpaired) electrons. The summed E-state index contributed by atoms with van der Waals surface area (Å²) in [5, 5.41) is 6.14. The van der Waals surface area contributed by atoms with Crippen molar-refractivity contribution >= 4 is 40.9 Å². The van der Waals surface area contributed by atoms with Gasteiger partial charge in [-0.1, -0.05) is 41.6 Å². The number of benzene rings is 2. The van der Waals surface area contributed by atoms with Gasteiger partial charge in [0.25, 0.3) is 11.8 Å². The zero-order valence-corrected chi connectivity index (χ0v) is 15.6. The Morgan fingerprint density at radius 1 is 1.11 bits per heavy atom. The average molecular weight is 396 g/mol. The summed E-state index contributed by atoms with van der Waals surface area (Å²) in [4.78, 5) is 30.7. The van der Waals surface area contributed by atoms with Gasteiger partial charge in [-0.05, 0) is 42.0 Å². The molecule has 2 heterocycles. The van der Waals surface area contributed by atoms with Crippen molar-refractivity contribution in [2.24, 2.45) is 0 Å². The van der Waals surface area contributed by atoms with Crippen LogP contribution in [-0.4, -0.2) is 16.8 Å². The van der Waals surface area contributed by atoms with Gasteiger partial charge in [0.1, 0.15) is 5.15 Å². The van der Waals surface area contributed by atoms with Crippen LogP contribution in [0, 0.1) is 0 Å². The maximum Gasteiger partial charge on any atom is 0.256 e. The lowest BCUT2D eigenvalue weighted by molar-refractivity contribution is 0.0949. The van der Waals surface area contributed by atoms with E-state index in [2.05, 4.69) is 15.6 Å². The van der Waals surface area contributed by atoms with Crippen molar-refractivity contribution < 1.29 is 9.59 Å². The number of anilines is 1. The van der Waals surface area contributed by atoms with E-state index >= 15 is 0 Å². The number of pyridine rings is 1. The first-order valence-corrected chi connectivity index (χ1v) is 9.40. The SMILES string of the molecule is O=C(NCc1ccc(Cl)nc1)c1ccc2c(c1)NC(=O)c1ccccc1S2. The lowest BCUT2D eigenvalue weighted by atomic mass is 10.1. The van der Waals surface area contributed by atoms with Crippen molar-refractivity contribution in [1.82, 2.24) is 10.3 Å². The molecule has 1 aliphatic rings. The van der Waals surface area contributed by atoms with Crippen molar-refractivity contribution in [3.05, 3.63) is 82.6 Å². The van der Waals surface area contributed by atoms with Gasteiger partial charge in [0.05, 0.1) is 11.3 Å². The fourth-order valence-corrected chi connectivity index (χ4v) is 3.83. The fraction of sp³-hybridized carbons (Fsp3) is 0.0500. The maximum absolute atomic E-state index is 12.5. The monoisotopic (exact) mass is 395 g/mol. The molecule has 7 heteroatoms. The van der Waals surface area contributed by atoms with Gasteiger partial charge in [-0.2, -0.15) is 0 Å². The van der Waals surface area contributed by atoms with Gasteiger partial charge in [-0.15, -0.1) is 0 Å². The zero-order valence-electron chi connectivity index (χ0n) is 14.0. The molecule has 2 N–H and O–H groups in total. The predicted octanol–water partition coefficient (Wildman–Crippen LogP) is 4.38. The molecule has 27 heavy (non-hydrogen) atoms. The number of hydrogen-bond donors (Lipinski definition) is 2. The van der Waals surface area contributed by atoms with Crippen LogP contribution in [0.2, 0.25) is 5.15 Å². The first kappa shape index (κ1) is 17.6. The summed E-state index contributed by atoms with van der Waals surface area (Å²) in [6.07, 6.45) is 1.62. The Labute approximate surface area is 165 Å². The molecule has 0 saturated heterocycles. The highest BCUT2D eigenvalue weighted by Crippen LogP contribution is 2.38. The molecular formula is C20H14ClN3O2S. The van der Waals surface area contributed by atoms with Crippen LogP contribution in [0.15, 0.2) is 70.6 Å². The van der Waals surface area contributed by atoms with Gasteiger partial charge < -0.3 is 10.6 Å². The summed E-state index contributed by atoms with van der Waals surface area (Å²) in [7, 11) is 0. The van der Waals surface area contributed by atoms with Crippen molar-refractivity contribution in [2.45, 2.75) is 16.3 Å². The molecule has 4 rings (SSSR count). The molecule has 1 aromatic heterocycles. The molecule has 2 amide bonds. The number of carbonyl (C=O) groups excluding carboxylic acids is 2. The third kappa shape index (κ3) is 3.82. The number of halogens is 1. The molecule has 0 bridgehead atoms. The number of aromatic nitrogens is 1. The lowest BCUT2D eigenvalue weighted by Crippen LogP contribution is -2.23. The summed E-state index contributed by atoms with van der Waals surface area (Å²) < 4.78 is 0. The highest BCUT2D eigenvalue weighted by Gasteiger charge is 2.20. The molecule has 0 fully saturated rings. The molecule has 5 nitrogen and oxygen atoms in total. The van der Waals surface area contributed by atoms with Crippen LogP contribution >= 0.6 is 23.4 Å². The Hall–Kier alpha value is -2.83. The lowest BCUT2D eigenvalue weighted by Gasteiger charge is -2.10. The number of carbonyl (C=O) groups is 2. The Bertz CT molecular complexity index is 1040. The summed E-state index contributed by atoms with van der Waals surface area (Å²) in [5.74, 6) is -0.407. The third-order valence-corrected chi connectivity index (χ3v) is 5.46. The van der Waals surface area contributed by atoms with E-state index in [-0.39, 0.29) is 11.8 Å². The van der Waals surface area contributed by atoms with E-state index in [9.17, 15) is 9.59 Å². The van der Waals surface area contributed by atoms with Crippen LogP contribution in [0.5, 0.6) is 0 Å². The summed E-state index contributed by atoms with van der Waals surface area (Å²) in [5.41, 5.74) is 2.58. The Morgan fingerprint density at radius 3 is 2.78 bits per heavy atom. The van der Waals surface area contributed by atoms with E-state index in [4.69, 9.17) is 11.6 Å². The van der Waals surface area contributed by atoms with Gasteiger partial charge in [-0.3, -0.25) is 9.59 Å².